The molecule has 19 heavy (non-hydrogen) atoms. The molecule has 1 atom stereocenters. The van der Waals surface area contributed by atoms with E-state index < -0.39 is 12.1 Å². The van der Waals surface area contributed by atoms with Crippen LogP contribution in [-0.2, 0) is 41.4 Å². The zero-order valence-corrected chi connectivity index (χ0v) is 12.1. The molecule has 0 aromatic heterocycles. The Morgan fingerprint density at radius 3 is 2.37 bits per heavy atom. The first-order chi connectivity index (χ1) is 8.75. The van der Waals surface area contributed by atoms with Gasteiger partial charge in [-0.25, -0.2) is 0 Å². The first-order valence-corrected chi connectivity index (χ1v) is 5.69. The monoisotopic (exact) mass is 360 g/mol. The van der Waals surface area contributed by atoms with Crippen LogP contribution in [-0.4, -0.2) is 39.5 Å². The van der Waals surface area contributed by atoms with Crippen molar-refractivity contribution >= 4 is 5.97 Å². The molecule has 5 nitrogen and oxygen atoms in total. The summed E-state index contributed by atoms with van der Waals surface area (Å²) in [6.07, 6.45) is -1.06. The summed E-state index contributed by atoms with van der Waals surface area (Å²) in [5.41, 5.74) is 0.564. The van der Waals surface area contributed by atoms with Crippen LogP contribution < -0.4 is 5.11 Å². The number of hydrogen-bond donors (Lipinski definition) is 0. The average Bonchev–Trinajstić information content (AvgIpc) is 2.38. The number of carboxylic acid groups (broad SMARTS) is 1. The molecule has 1 unspecified atom stereocenters. The van der Waals surface area contributed by atoms with Crippen LogP contribution in [0, 0.1) is 0 Å². The fourth-order valence-electron chi connectivity index (χ4n) is 1.40. The van der Waals surface area contributed by atoms with Crippen LogP contribution >= 0.6 is 0 Å². The molecule has 110 valence electrons. The van der Waals surface area contributed by atoms with E-state index in [-0.39, 0.29) is 29.0 Å². The normalized spacial score (nSPS) is 11.6. The third kappa shape index (κ3) is 7.47. The Hall–Kier alpha value is -0.690. The van der Waals surface area contributed by atoms with Crippen molar-refractivity contribution < 1.29 is 46.5 Å². The first-order valence-electron chi connectivity index (χ1n) is 5.69. The zero-order chi connectivity index (χ0) is 13.2. The van der Waals surface area contributed by atoms with Crippen LogP contribution in [0.15, 0.2) is 30.3 Å². The van der Waals surface area contributed by atoms with E-state index in [1.165, 1.54) is 0 Å². The summed E-state index contributed by atoms with van der Waals surface area (Å²) in [6, 6.07) is 8.69. The minimum absolute atomic E-state index is 0. The van der Waals surface area contributed by atoms with Crippen LogP contribution in [0.25, 0.3) is 0 Å². The minimum Gasteiger partial charge on any atom is -0.547 e. The third-order valence-corrected chi connectivity index (χ3v) is 2.26. The number of hydrogen-bond acceptors (Lipinski definition) is 5. The molecule has 0 spiro atoms. The van der Waals surface area contributed by atoms with E-state index in [2.05, 4.69) is 0 Å². The Balaban J connectivity index is 0.00000324. The van der Waals surface area contributed by atoms with Gasteiger partial charge in [0.05, 0.1) is 32.4 Å². The number of ether oxygens (including phenoxy) is 3. The second-order valence-corrected chi connectivity index (χ2v) is 3.59. The Morgan fingerprint density at radius 2 is 1.79 bits per heavy atom. The van der Waals surface area contributed by atoms with Crippen LogP contribution in [0.5, 0.6) is 0 Å². The number of carbonyl (C=O) groups is 1. The fourth-order valence-corrected chi connectivity index (χ4v) is 1.40. The number of carboxylic acids is 1. The van der Waals surface area contributed by atoms with Crippen molar-refractivity contribution in [3.63, 3.8) is 0 Å². The molecule has 1 aromatic carbocycles. The predicted molar refractivity (Wildman–Crippen MR) is 62.8 cm³/mol. The van der Waals surface area contributed by atoms with Crippen molar-refractivity contribution in [2.75, 3.05) is 33.5 Å². The van der Waals surface area contributed by atoms with Crippen molar-refractivity contribution in [3.05, 3.63) is 35.9 Å². The maximum absolute atomic E-state index is 11.0. The Morgan fingerprint density at radius 1 is 1.16 bits per heavy atom. The van der Waals surface area contributed by atoms with Gasteiger partial charge in [0.1, 0.15) is 6.10 Å². The molecule has 1 rings (SSSR count). The number of aliphatic carboxylic acids is 1. The van der Waals surface area contributed by atoms with E-state index in [0.717, 1.165) is 0 Å². The maximum Gasteiger partial charge on any atom is 1.00 e. The average molecular weight is 361 g/mol. The molecule has 0 radical (unpaired) electrons. The van der Waals surface area contributed by atoms with Crippen LogP contribution in [0.4, 0.5) is 0 Å². The number of rotatable bonds is 9. The van der Waals surface area contributed by atoms with Crippen molar-refractivity contribution in [1.29, 1.82) is 0 Å². The number of methoxy groups -OCH3 is 1. The standard InChI is InChI=1S/C13H18O5.Ag/c1-16-7-8-17-9-10-18-12(13(14)15)11-5-3-2-4-6-11;/h2-6,12H,7-10H2,1H3,(H,14,15);/q;+1/p-1. The molecule has 0 heterocycles. The van der Waals surface area contributed by atoms with Crippen molar-refractivity contribution in [2.24, 2.45) is 0 Å². The summed E-state index contributed by atoms with van der Waals surface area (Å²) in [7, 11) is 1.58. The zero-order valence-electron chi connectivity index (χ0n) is 10.6. The summed E-state index contributed by atoms with van der Waals surface area (Å²) >= 11 is 0. The van der Waals surface area contributed by atoms with Crippen molar-refractivity contribution in [1.82, 2.24) is 0 Å². The van der Waals surface area contributed by atoms with Gasteiger partial charge < -0.3 is 24.1 Å². The van der Waals surface area contributed by atoms with Gasteiger partial charge in [0.25, 0.3) is 0 Å². The molecule has 0 fully saturated rings. The van der Waals surface area contributed by atoms with Crippen molar-refractivity contribution in [3.8, 4) is 0 Å². The molecular formula is C13H17AgO5. The van der Waals surface area contributed by atoms with Gasteiger partial charge in [0.15, 0.2) is 0 Å². The summed E-state index contributed by atoms with van der Waals surface area (Å²) in [5, 5.41) is 11.0. The van der Waals surface area contributed by atoms with Crippen molar-refractivity contribution in [2.45, 2.75) is 6.10 Å². The molecule has 0 aliphatic rings. The molecule has 0 saturated carbocycles. The molecule has 0 aliphatic heterocycles. The number of benzene rings is 1. The van der Waals surface area contributed by atoms with Gasteiger partial charge in [-0.15, -0.1) is 0 Å². The largest absolute Gasteiger partial charge is 1.00 e. The quantitative estimate of drug-likeness (QED) is 0.463. The molecular weight excluding hydrogens is 344 g/mol. The van der Waals surface area contributed by atoms with Gasteiger partial charge in [-0.3, -0.25) is 0 Å². The summed E-state index contributed by atoms with van der Waals surface area (Å²) < 4.78 is 15.2. The van der Waals surface area contributed by atoms with E-state index in [0.29, 0.717) is 25.4 Å². The Labute approximate surface area is 128 Å². The smallest absolute Gasteiger partial charge is 0.547 e. The van der Waals surface area contributed by atoms with Crippen LogP contribution in [0.3, 0.4) is 0 Å². The fraction of sp³-hybridized carbons (Fsp3) is 0.462. The number of carbonyl (C=O) groups excluding carboxylic acids is 1. The summed E-state index contributed by atoms with van der Waals surface area (Å²) in [6.45, 7) is 1.47. The summed E-state index contributed by atoms with van der Waals surface area (Å²) in [4.78, 5) is 11.0. The van der Waals surface area contributed by atoms with Gasteiger partial charge in [0.2, 0.25) is 0 Å². The molecule has 0 aliphatic carbocycles. The maximum atomic E-state index is 11.0. The van der Waals surface area contributed by atoms with Gasteiger partial charge in [-0.05, 0) is 5.56 Å². The van der Waals surface area contributed by atoms with Crippen LogP contribution in [0.1, 0.15) is 11.7 Å². The minimum atomic E-state index is -1.25. The van der Waals surface area contributed by atoms with Gasteiger partial charge in [0, 0.05) is 7.11 Å². The Bertz CT molecular complexity index is 344. The van der Waals surface area contributed by atoms with Crippen LogP contribution in [0.2, 0.25) is 0 Å². The predicted octanol–water partition coefficient (Wildman–Crippen LogP) is 0.155. The van der Waals surface area contributed by atoms with E-state index in [1.54, 1.807) is 31.4 Å². The van der Waals surface area contributed by atoms with E-state index in [4.69, 9.17) is 14.2 Å². The SMILES string of the molecule is COCCOCCOC(C(=O)[O-])c1ccccc1.[Ag+]. The third-order valence-electron chi connectivity index (χ3n) is 2.26. The molecule has 0 amide bonds. The summed E-state index contributed by atoms with van der Waals surface area (Å²) in [5.74, 6) is -1.25. The topological polar surface area (TPSA) is 67.8 Å². The molecule has 0 bridgehead atoms. The molecule has 0 saturated heterocycles. The second kappa shape index (κ2) is 11.2. The molecule has 6 heteroatoms. The Kier molecular flexibility index (Phi) is 10.8. The van der Waals surface area contributed by atoms with E-state index in [9.17, 15) is 9.90 Å². The first kappa shape index (κ1) is 18.3. The van der Waals surface area contributed by atoms with E-state index >= 15 is 0 Å². The van der Waals surface area contributed by atoms with Gasteiger partial charge in [-0.1, -0.05) is 30.3 Å². The van der Waals surface area contributed by atoms with Gasteiger partial charge in [-0.2, -0.15) is 0 Å². The molecule has 1 aromatic rings. The van der Waals surface area contributed by atoms with Gasteiger partial charge >= 0.3 is 22.4 Å². The molecule has 0 N–H and O–H groups in total. The second-order valence-electron chi connectivity index (χ2n) is 3.59. The van der Waals surface area contributed by atoms with E-state index in [1.807, 2.05) is 6.07 Å².